The van der Waals surface area contributed by atoms with Gasteiger partial charge in [-0.2, -0.15) is 5.10 Å². The van der Waals surface area contributed by atoms with Crippen LogP contribution in [0.1, 0.15) is 29.9 Å². The predicted molar refractivity (Wildman–Crippen MR) is 54.6 cm³/mol. The van der Waals surface area contributed by atoms with E-state index in [1.54, 1.807) is 11.6 Å². The van der Waals surface area contributed by atoms with Crippen LogP contribution < -0.4 is 0 Å². The van der Waals surface area contributed by atoms with Gasteiger partial charge in [-0.25, -0.2) is 4.79 Å². The van der Waals surface area contributed by atoms with Gasteiger partial charge in [-0.1, -0.05) is 6.92 Å². The molecule has 0 bridgehead atoms. The Morgan fingerprint density at radius 3 is 2.87 bits per heavy atom. The van der Waals surface area contributed by atoms with Crippen LogP contribution in [0.25, 0.3) is 0 Å². The third-order valence-corrected chi connectivity index (χ3v) is 2.09. The first-order valence-electron chi connectivity index (χ1n) is 5.07. The standard InChI is InChI=1S/C10H16N2O3/c1-3-9-8(10(14)15-4-2)7-11-12(9)5-6-13/h7,13H,3-6H2,1-2H3. The number of aliphatic hydroxyl groups is 1. The molecule has 0 spiro atoms. The highest BCUT2D eigenvalue weighted by molar-refractivity contribution is 5.90. The summed E-state index contributed by atoms with van der Waals surface area (Å²) in [4.78, 5) is 11.5. The number of rotatable bonds is 5. The van der Waals surface area contributed by atoms with E-state index < -0.39 is 0 Å². The number of hydrogen-bond acceptors (Lipinski definition) is 4. The van der Waals surface area contributed by atoms with Gasteiger partial charge in [0.25, 0.3) is 0 Å². The van der Waals surface area contributed by atoms with E-state index >= 15 is 0 Å². The first-order chi connectivity index (χ1) is 7.24. The van der Waals surface area contributed by atoms with Crippen molar-refractivity contribution < 1.29 is 14.6 Å². The highest BCUT2D eigenvalue weighted by Crippen LogP contribution is 2.10. The molecule has 1 heterocycles. The molecule has 0 saturated heterocycles. The zero-order valence-electron chi connectivity index (χ0n) is 9.06. The lowest BCUT2D eigenvalue weighted by Gasteiger charge is -2.05. The Morgan fingerprint density at radius 2 is 2.33 bits per heavy atom. The summed E-state index contributed by atoms with van der Waals surface area (Å²) in [6.45, 7) is 4.47. The summed E-state index contributed by atoms with van der Waals surface area (Å²) >= 11 is 0. The van der Waals surface area contributed by atoms with Crippen LogP contribution >= 0.6 is 0 Å². The summed E-state index contributed by atoms with van der Waals surface area (Å²) in [5, 5.41) is 12.8. The molecule has 0 aliphatic heterocycles. The second-order valence-corrected chi connectivity index (χ2v) is 3.03. The molecule has 0 saturated carbocycles. The fourth-order valence-corrected chi connectivity index (χ4v) is 1.45. The van der Waals surface area contributed by atoms with Crippen LogP contribution in [0.4, 0.5) is 0 Å². The minimum atomic E-state index is -0.349. The van der Waals surface area contributed by atoms with Gasteiger partial charge in [0, 0.05) is 0 Å². The van der Waals surface area contributed by atoms with Crippen LogP contribution in [0.3, 0.4) is 0 Å². The fourth-order valence-electron chi connectivity index (χ4n) is 1.45. The van der Waals surface area contributed by atoms with Crippen molar-refractivity contribution in [3.8, 4) is 0 Å². The maximum atomic E-state index is 11.5. The third-order valence-electron chi connectivity index (χ3n) is 2.09. The van der Waals surface area contributed by atoms with Gasteiger partial charge in [0.05, 0.1) is 31.6 Å². The Balaban J connectivity index is 2.92. The molecule has 1 aromatic heterocycles. The van der Waals surface area contributed by atoms with Crippen LogP contribution in [-0.2, 0) is 17.7 Å². The van der Waals surface area contributed by atoms with E-state index in [-0.39, 0.29) is 12.6 Å². The summed E-state index contributed by atoms with van der Waals surface area (Å²) in [5.41, 5.74) is 1.30. The van der Waals surface area contributed by atoms with E-state index in [1.165, 1.54) is 6.20 Å². The summed E-state index contributed by atoms with van der Waals surface area (Å²) in [7, 11) is 0. The zero-order valence-corrected chi connectivity index (χ0v) is 9.06. The molecule has 0 radical (unpaired) electrons. The largest absolute Gasteiger partial charge is 0.462 e. The van der Waals surface area contributed by atoms with Gasteiger partial charge in [-0.3, -0.25) is 4.68 Å². The molecule has 84 valence electrons. The molecule has 0 amide bonds. The van der Waals surface area contributed by atoms with Crippen molar-refractivity contribution in [1.82, 2.24) is 9.78 Å². The molecule has 1 N–H and O–H groups in total. The maximum Gasteiger partial charge on any atom is 0.341 e. The normalized spacial score (nSPS) is 10.3. The number of esters is 1. The Kier molecular flexibility index (Phi) is 4.30. The Hall–Kier alpha value is -1.36. The molecule has 5 heteroatoms. The van der Waals surface area contributed by atoms with Gasteiger partial charge in [0.15, 0.2) is 0 Å². The first kappa shape index (κ1) is 11.7. The smallest absolute Gasteiger partial charge is 0.341 e. The Bertz CT molecular complexity index is 333. The molecule has 5 nitrogen and oxygen atoms in total. The maximum absolute atomic E-state index is 11.5. The zero-order chi connectivity index (χ0) is 11.3. The van der Waals surface area contributed by atoms with E-state index in [1.807, 2.05) is 6.92 Å². The molecule has 1 aromatic rings. The molecule has 0 fully saturated rings. The lowest BCUT2D eigenvalue weighted by atomic mass is 10.2. The first-order valence-corrected chi connectivity index (χ1v) is 5.07. The number of aromatic nitrogens is 2. The number of nitrogens with zero attached hydrogens (tertiary/aromatic N) is 2. The number of hydrogen-bond donors (Lipinski definition) is 1. The van der Waals surface area contributed by atoms with Gasteiger partial charge < -0.3 is 9.84 Å². The van der Waals surface area contributed by atoms with E-state index in [9.17, 15) is 4.79 Å². The van der Waals surface area contributed by atoms with Crippen LogP contribution in [0.5, 0.6) is 0 Å². The van der Waals surface area contributed by atoms with Crippen molar-refractivity contribution in [2.75, 3.05) is 13.2 Å². The fraction of sp³-hybridized carbons (Fsp3) is 0.600. The van der Waals surface area contributed by atoms with E-state index in [0.717, 1.165) is 5.69 Å². The van der Waals surface area contributed by atoms with Crippen molar-refractivity contribution in [3.63, 3.8) is 0 Å². The molecule has 15 heavy (non-hydrogen) atoms. The molecule has 0 aliphatic carbocycles. The number of carbonyl (C=O) groups is 1. The van der Waals surface area contributed by atoms with Gasteiger partial charge in [-0.05, 0) is 13.3 Å². The average molecular weight is 212 g/mol. The third kappa shape index (κ3) is 2.56. The molecule has 1 rings (SSSR count). The summed E-state index contributed by atoms with van der Waals surface area (Å²) in [6.07, 6.45) is 2.18. The summed E-state index contributed by atoms with van der Waals surface area (Å²) in [5.74, 6) is -0.349. The van der Waals surface area contributed by atoms with Crippen LogP contribution in [0, 0.1) is 0 Å². The highest BCUT2D eigenvalue weighted by atomic mass is 16.5. The average Bonchev–Trinajstić information content (AvgIpc) is 2.62. The highest BCUT2D eigenvalue weighted by Gasteiger charge is 2.16. The molecule has 0 aromatic carbocycles. The second-order valence-electron chi connectivity index (χ2n) is 3.03. The number of carbonyl (C=O) groups excluding carboxylic acids is 1. The molecule has 0 unspecified atom stereocenters. The van der Waals surface area contributed by atoms with Gasteiger partial charge in [0.1, 0.15) is 5.56 Å². The minimum Gasteiger partial charge on any atom is -0.462 e. The van der Waals surface area contributed by atoms with Crippen molar-refractivity contribution in [3.05, 3.63) is 17.5 Å². The Morgan fingerprint density at radius 1 is 1.60 bits per heavy atom. The van der Waals surface area contributed by atoms with Gasteiger partial charge in [0.2, 0.25) is 0 Å². The van der Waals surface area contributed by atoms with Crippen LogP contribution in [0.15, 0.2) is 6.20 Å². The second kappa shape index (κ2) is 5.50. The monoisotopic (exact) mass is 212 g/mol. The predicted octanol–water partition coefficient (Wildman–Crippen LogP) is 0.615. The van der Waals surface area contributed by atoms with E-state index in [4.69, 9.17) is 9.84 Å². The SMILES string of the molecule is CCOC(=O)c1cnn(CCO)c1CC. The van der Waals surface area contributed by atoms with Crippen molar-refractivity contribution in [2.24, 2.45) is 0 Å². The number of aliphatic hydroxyl groups excluding tert-OH is 1. The summed E-state index contributed by atoms with van der Waals surface area (Å²) < 4.78 is 6.54. The van der Waals surface area contributed by atoms with Crippen LogP contribution in [0.2, 0.25) is 0 Å². The minimum absolute atomic E-state index is 0.0109. The Labute approximate surface area is 88.7 Å². The van der Waals surface area contributed by atoms with Crippen molar-refractivity contribution in [2.45, 2.75) is 26.8 Å². The van der Waals surface area contributed by atoms with Crippen LogP contribution in [-0.4, -0.2) is 34.1 Å². The molecular weight excluding hydrogens is 196 g/mol. The summed E-state index contributed by atoms with van der Waals surface area (Å²) in [6, 6.07) is 0. The molecular formula is C10H16N2O3. The lowest BCUT2D eigenvalue weighted by Crippen LogP contribution is -2.11. The molecule has 0 atom stereocenters. The lowest BCUT2D eigenvalue weighted by molar-refractivity contribution is 0.0525. The topological polar surface area (TPSA) is 64.3 Å². The van der Waals surface area contributed by atoms with Gasteiger partial charge in [-0.15, -0.1) is 0 Å². The van der Waals surface area contributed by atoms with E-state index in [2.05, 4.69) is 5.10 Å². The van der Waals surface area contributed by atoms with E-state index in [0.29, 0.717) is 25.1 Å². The van der Waals surface area contributed by atoms with Crippen molar-refractivity contribution in [1.29, 1.82) is 0 Å². The quantitative estimate of drug-likeness (QED) is 0.726. The molecule has 0 aliphatic rings. The van der Waals surface area contributed by atoms with Crippen molar-refractivity contribution >= 4 is 5.97 Å². The van der Waals surface area contributed by atoms with Gasteiger partial charge >= 0.3 is 5.97 Å². The number of ether oxygens (including phenoxy) is 1.